The van der Waals surface area contributed by atoms with Gasteiger partial charge in [-0.1, -0.05) is 12.1 Å². The molecule has 2 amide bonds. The van der Waals surface area contributed by atoms with Crippen LogP contribution in [0.4, 0.5) is 5.69 Å². The number of amides is 2. The molecule has 0 radical (unpaired) electrons. The summed E-state index contributed by atoms with van der Waals surface area (Å²) in [6.07, 6.45) is 4.55. The summed E-state index contributed by atoms with van der Waals surface area (Å²) < 4.78 is 5.73. The Kier molecular flexibility index (Phi) is 6.23. The number of hydrogen-bond acceptors (Lipinski definition) is 5. The lowest BCUT2D eigenvalue weighted by Crippen LogP contribution is -2.39. The zero-order valence-corrected chi connectivity index (χ0v) is 17.9. The first kappa shape index (κ1) is 21.3. The number of rotatable bonds is 6. The van der Waals surface area contributed by atoms with E-state index in [0.717, 1.165) is 45.3 Å². The minimum absolute atomic E-state index is 0.0145. The molecule has 2 aliphatic rings. The van der Waals surface area contributed by atoms with Crippen molar-refractivity contribution in [2.75, 3.05) is 25.0 Å². The third-order valence-corrected chi connectivity index (χ3v) is 6.43. The van der Waals surface area contributed by atoms with Crippen LogP contribution in [0, 0.1) is 12.8 Å². The highest BCUT2D eigenvalue weighted by Gasteiger charge is 2.29. The van der Waals surface area contributed by atoms with Crippen molar-refractivity contribution in [2.24, 2.45) is 11.7 Å². The molecule has 0 spiro atoms. The van der Waals surface area contributed by atoms with Gasteiger partial charge in [0.15, 0.2) is 11.5 Å². The molecule has 1 aromatic heterocycles. The van der Waals surface area contributed by atoms with Crippen molar-refractivity contribution < 1.29 is 18.8 Å². The van der Waals surface area contributed by atoms with Gasteiger partial charge in [0.25, 0.3) is 5.91 Å². The van der Waals surface area contributed by atoms with Gasteiger partial charge >= 0.3 is 0 Å². The molecule has 3 N–H and O–H groups in total. The molecule has 31 heavy (non-hydrogen) atoms. The summed E-state index contributed by atoms with van der Waals surface area (Å²) >= 11 is 0. The van der Waals surface area contributed by atoms with Gasteiger partial charge < -0.3 is 20.4 Å². The van der Waals surface area contributed by atoms with Gasteiger partial charge in [-0.25, -0.2) is 0 Å². The molecule has 0 bridgehead atoms. The number of ketones is 1. The Bertz CT molecular complexity index is 985. The largest absolute Gasteiger partial charge is 0.455 e. The fourth-order valence-corrected chi connectivity index (χ4v) is 4.54. The molecule has 7 nitrogen and oxygen atoms in total. The van der Waals surface area contributed by atoms with E-state index in [1.807, 2.05) is 24.3 Å². The molecule has 0 unspecified atom stereocenters. The number of nitrogens with zero attached hydrogens (tertiary/aromatic N) is 1. The van der Waals surface area contributed by atoms with Crippen LogP contribution in [0.3, 0.4) is 0 Å². The van der Waals surface area contributed by atoms with Crippen molar-refractivity contribution in [3.63, 3.8) is 0 Å². The van der Waals surface area contributed by atoms with Gasteiger partial charge in [0, 0.05) is 36.6 Å². The Hall–Kier alpha value is -2.93. The molecular weight excluding hydrogens is 394 g/mol. The van der Waals surface area contributed by atoms with E-state index < -0.39 is 0 Å². The maximum atomic E-state index is 12.7. The van der Waals surface area contributed by atoms with Crippen molar-refractivity contribution in [3.05, 3.63) is 52.5 Å². The van der Waals surface area contributed by atoms with Crippen LogP contribution >= 0.6 is 0 Å². The van der Waals surface area contributed by atoms with Crippen LogP contribution in [0.1, 0.15) is 63.5 Å². The maximum Gasteiger partial charge on any atom is 0.291 e. The number of benzene rings is 1. The molecule has 0 saturated carbocycles. The third kappa shape index (κ3) is 4.71. The van der Waals surface area contributed by atoms with Gasteiger partial charge in [-0.2, -0.15) is 0 Å². The normalized spacial score (nSPS) is 17.4. The molecule has 7 heteroatoms. The minimum Gasteiger partial charge on any atom is -0.455 e. The van der Waals surface area contributed by atoms with Crippen LogP contribution in [-0.4, -0.2) is 42.1 Å². The second-order valence-electron chi connectivity index (χ2n) is 8.55. The summed E-state index contributed by atoms with van der Waals surface area (Å²) in [6.45, 7) is 4.51. The molecule has 1 aromatic carbocycles. The number of carbonyl (C=O) groups is 3. The second-order valence-corrected chi connectivity index (χ2v) is 8.55. The highest BCUT2D eigenvalue weighted by molar-refractivity contribution is 6.07. The van der Waals surface area contributed by atoms with Crippen LogP contribution in [0.15, 0.2) is 28.7 Å². The van der Waals surface area contributed by atoms with Crippen LogP contribution in [0.5, 0.6) is 0 Å². The van der Waals surface area contributed by atoms with Crippen LogP contribution in [-0.2, 0) is 17.6 Å². The summed E-state index contributed by atoms with van der Waals surface area (Å²) in [5.74, 6) is 0.418. The topological polar surface area (TPSA) is 106 Å². The van der Waals surface area contributed by atoms with E-state index in [2.05, 4.69) is 10.2 Å². The van der Waals surface area contributed by atoms with Gasteiger partial charge in [-0.15, -0.1) is 0 Å². The van der Waals surface area contributed by atoms with E-state index in [1.165, 1.54) is 5.56 Å². The molecule has 1 aliphatic heterocycles. The first-order valence-corrected chi connectivity index (χ1v) is 11.0. The number of furan rings is 1. The number of Topliss-reactive ketones (excluding diaryl/α,β-unsaturated/α-hetero) is 1. The number of nitrogens with two attached hydrogens (primary N) is 1. The van der Waals surface area contributed by atoms with E-state index >= 15 is 0 Å². The van der Waals surface area contributed by atoms with Crippen molar-refractivity contribution in [1.29, 1.82) is 0 Å². The monoisotopic (exact) mass is 423 g/mol. The average molecular weight is 424 g/mol. The van der Waals surface area contributed by atoms with Crippen LogP contribution < -0.4 is 11.1 Å². The lowest BCUT2D eigenvalue weighted by Gasteiger charge is -2.30. The molecule has 4 rings (SSSR count). The predicted molar refractivity (Wildman–Crippen MR) is 117 cm³/mol. The van der Waals surface area contributed by atoms with Gasteiger partial charge in [0.2, 0.25) is 5.91 Å². The Balaban J connectivity index is 1.31. The zero-order valence-electron chi connectivity index (χ0n) is 17.9. The lowest BCUT2D eigenvalue weighted by atomic mass is 9.94. The Morgan fingerprint density at radius 3 is 2.52 bits per heavy atom. The van der Waals surface area contributed by atoms with E-state index in [1.54, 1.807) is 6.92 Å². The fourth-order valence-electron chi connectivity index (χ4n) is 4.54. The molecule has 2 heterocycles. The smallest absolute Gasteiger partial charge is 0.291 e. The van der Waals surface area contributed by atoms with Crippen molar-refractivity contribution in [3.8, 4) is 0 Å². The van der Waals surface area contributed by atoms with Crippen molar-refractivity contribution in [2.45, 2.75) is 45.4 Å². The highest BCUT2D eigenvalue weighted by atomic mass is 16.4. The molecule has 164 valence electrons. The van der Waals surface area contributed by atoms with E-state index in [4.69, 9.17) is 10.2 Å². The summed E-state index contributed by atoms with van der Waals surface area (Å²) in [5, 5.41) is 2.87. The van der Waals surface area contributed by atoms with Crippen LogP contribution in [0.25, 0.3) is 0 Å². The zero-order chi connectivity index (χ0) is 22.0. The summed E-state index contributed by atoms with van der Waals surface area (Å²) in [5.41, 5.74) is 8.49. The highest BCUT2D eigenvalue weighted by Crippen LogP contribution is 2.29. The number of nitrogens with one attached hydrogen (secondary N) is 1. The number of fused-ring (bicyclic) bond motifs is 1. The number of piperidine rings is 1. The molecule has 1 fully saturated rings. The average Bonchev–Trinajstić information content (AvgIpc) is 3.11. The van der Waals surface area contributed by atoms with E-state index in [-0.39, 0.29) is 29.3 Å². The van der Waals surface area contributed by atoms with Crippen molar-refractivity contribution >= 4 is 23.3 Å². The summed E-state index contributed by atoms with van der Waals surface area (Å²) in [6, 6.07) is 7.79. The van der Waals surface area contributed by atoms with Gasteiger partial charge in [0.05, 0.1) is 5.56 Å². The Morgan fingerprint density at radius 2 is 1.87 bits per heavy atom. The molecule has 0 atom stereocenters. The van der Waals surface area contributed by atoms with Crippen molar-refractivity contribution in [1.82, 2.24) is 4.90 Å². The minimum atomic E-state index is -0.329. The molecular formula is C24H29N3O4. The number of hydrogen-bond donors (Lipinski definition) is 2. The van der Waals surface area contributed by atoms with Gasteiger partial charge in [-0.05, 0) is 63.4 Å². The van der Waals surface area contributed by atoms with E-state index in [9.17, 15) is 14.4 Å². The molecule has 1 aliphatic carbocycles. The predicted octanol–water partition coefficient (Wildman–Crippen LogP) is 3.10. The number of anilines is 1. The lowest BCUT2D eigenvalue weighted by molar-refractivity contribution is -0.123. The number of likely N-dealkylation sites (tertiary alicyclic amines) is 1. The van der Waals surface area contributed by atoms with Gasteiger partial charge in [0.1, 0.15) is 5.76 Å². The summed E-state index contributed by atoms with van der Waals surface area (Å²) in [4.78, 5) is 38.5. The van der Waals surface area contributed by atoms with Crippen LogP contribution in [0.2, 0.25) is 0 Å². The quantitative estimate of drug-likeness (QED) is 0.743. The molecule has 2 aromatic rings. The number of aryl methyl sites for hydroxylation is 1. The SMILES string of the molecule is Cc1c(C(=O)Nc2ccc(CCN3CCC(C(N)=O)CC3)cc2)oc2c1C(=O)CCC2. The second kappa shape index (κ2) is 9.06. The summed E-state index contributed by atoms with van der Waals surface area (Å²) in [7, 11) is 0. The Labute approximate surface area is 182 Å². The number of primary amides is 1. The first-order valence-electron chi connectivity index (χ1n) is 11.0. The van der Waals surface area contributed by atoms with E-state index in [0.29, 0.717) is 35.4 Å². The Morgan fingerprint density at radius 1 is 1.16 bits per heavy atom. The molecule has 1 saturated heterocycles. The first-order chi connectivity index (χ1) is 14.9. The third-order valence-electron chi connectivity index (χ3n) is 6.43. The number of carbonyl (C=O) groups excluding carboxylic acids is 3. The van der Waals surface area contributed by atoms with Gasteiger partial charge in [-0.3, -0.25) is 14.4 Å². The maximum absolute atomic E-state index is 12.7. The standard InChI is InChI=1S/C24H29N3O4/c1-15-21-19(28)3-2-4-20(21)31-22(15)24(30)26-18-7-5-16(6-8-18)9-12-27-13-10-17(11-14-27)23(25)29/h5-8,17H,2-4,9-14H2,1H3,(H2,25,29)(H,26,30). The fraction of sp³-hybridized carbons (Fsp3) is 0.458.